The monoisotopic (exact) mass is 396 g/mol. The third kappa shape index (κ3) is 7.13. The van der Waals surface area contributed by atoms with Gasteiger partial charge in [-0.15, -0.1) is 11.3 Å². The molecule has 0 saturated carbocycles. The normalized spacial score (nSPS) is 11.7. The Hall–Kier alpha value is -2.22. The maximum atomic E-state index is 12.6. The standard InChI is InChI=1S/C19H26F2N4OS/c1-4-15-12-24-17(27-15)8-9-23-19(22-5-2)25-11-14-10-13(3)6-7-16(14)26-18(20)21/h6-7,10,12,18H,4-5,8-9,11H2,1-3H3,(H2,22,23,25). The molecule has 2 N–H and O–H groups in total. The van der Waals surface area contributed by atoms with Crippen molar-refractivity contribution in [2.45, 2.75) is 46.8 Å². The molecule has 1 heterocycles. The minimum absolute atomic E-state index is 0.157. The lowest BCUT2D eigenvalue weighted by atomic mass is 10.1. The van der Waals surface area contributed by atoms with Gasteiger partial charge in [0.1, 0.15) is 5.75 Å². The van der Waals surface area contributed by atoms with E-state index < -0.39 is 6.61 Å². The topological polar surface area (TPSA) is 58.5 Å². The maximum Gasteiger partial charge on any atom is 0.387 e. The van der Waals surface area contributed by atoms with Crippen LogP contribution in [0.3, 0.4) is 0 Å². The Labute approximate surface area is 162 Å². The molecular weight excluding hydrogens is 370 g/mol. The van der Waals surface area contributed by atoms with Gasteiger partial charge in [0, 0.05) is 36.1 Å². The molecule has 0 bridgehead atoms. The molecule has 0 aliphatic heterocycles. The molecule has 0 radical (unpaired) electrons. The van der Waals surface area contributed by atoms with Gasteiger partial charge in [-0.05, 0) is 26.3 Å². The van der Waals surface area contributed by atoms with Crippen LogP contribution in [0.4, 0.5) is 8.78 Å². The minimum Gasteiger partial charge on any atom is -0.434 e. The zero-order valence-corrected chi connectivity index (χ0v) is 16.7. The van der Waals surface area contributed by atoms with Gasteiger partial charge in [0.15, 0.2) is 5.96 Å². The molecule has 0 amide bonds. The Kier molecular flexibility index (Phi) is 8.44. The molecule has 0 spiro atoms. The molecule has 2 rings (SSSR count). The highest BCUT2D eigenvalue weighted by Crippen LogP contribution is 2.23. The fourth-order valence-electron chi connectivity index (χ4n) is 2.46. The summed E-state index contributed by atoms with van der Waals surface area (Å²) >= 11 is 1.72. The van der Waals surface area contributed by atoms with Crippen molar-refractivity contribution in [2.24, 2.45) is 4.99 Å². The summed E-state index contributed by atoms with van der Waals surface area (Å²) in [6.45, 7) is 4.78. The first-order valence-corrected chi connectivity index (χ1v) is 9.83. The van der Waals surface area contributed by atoms with Crippen LogP contribution in [0.5, 0.6) is 5.75 Å². The average Bonchev–Trinajstić information content (AvgIpc) is 3.09. The maximum absolute atomic E-state index is 12.6. The fourth-order valence-corrected chi connectivity index (χ4v) is 3.33. The van der Waals surface area contributed by atoms with Crippen molar-refractivity contribution in [3.63, 3.8) is 0 Å². The minimum atomic E-state index is -2.85. The summed E-state index contributed by atoms with van der Waals surface area (Å²) in [5.74, 6) is 0.791. The van der Waals surface area contributed by atoms with E-state index in [9.17, 15) is 8.78 Å². The van der Waals surface area contributed by atoms with Gasteiger partial charge in [-0.2, -0.15) is 8.78 Å². The first-order valence-electron chi connectivity index (χ1n) is 9.01. The summed E-state index contributed by atoms with van der Waals surface area (Å²) in [4.78, 5) is 10.2. The number of halogens is 2. The van der Waals surface area contributed by atoms with E-state index in [1.54, 1.807) is 23.5 Å². The van der Waals surface area contributed by atoms with Crippen LogP contribution in [0.1, 0.15) is 34.9 Å². The number of aliphatic imine (C=N–C) groups is 1. The van der Waals surface area contributed by atoms with Crippen LogP contribution in [-0.4, -0.2) is 30.6 Å². The number of guanidine groups is 1. The molecule has 0 aliphatic rings. The lowest BCUT2D eigenvalue weighted by Crippen LogP contribution is -2.38. The average molecular weight is 397 g/mol. The second kappa shape index (κ2) is 10.8. The molecular formula is C19H26F2N4OS. The van der Waals surface area contributed by atoms with Crippen molar-refractivity contribution in [3.05, 3.63) is 45.4 Å². The van der Waals surface area contributed by atoms with Crippen LogP contribution in [-0.2, 0) is 19.4 Å². The molecule has 0 fully saturated rings. The number of alkyl halides is 2. The fraction of sp³-hybridized carbons (Fsp3) is 0.474. The number of aromatic nitrogens is 1. The van der Waals surface area contributed by atoms with Crippen LogP contribution >= 0.6 is 11.3 Å². The third-order valence-electron chi connectivity index (χ3n) is 3.76. The van der Waals surface area contributed by atoms with Gasteiger partial charge >= 0.3 is 6.61 Å². The van der Waals surface area contributed by atoms with Gasteiger partial charge in [0.2, 0.25) is 0 Å². The summed E-state index contributed by atoms with van der Waals surface area (Å²) in [6, 6.07) is 5.11. The molecule has 5 nitrogen and oxygen atoms in total. The number of thiazole rings is 1. The number of ether oxygens (including phenoxy) is 1. The number of rotatable bonds is 9. The highest BCUT2D eigenvalue weighted by atomic mass is 32.1. The third-order valence-corrected chi connectivity index (χ3v) is 4.97. The molecule has 27 heavy (non-hydrogen) atoms. The van der Waals surface area contributed by atoms with Gasteiger partial charge in [-0.25, -0.2) is 9.98 Å². The van der Waals surface area contributed by atoms with Crippen molar-refractivity contribution >= 4 is 17.3 Å². The predicted molar refractivity (Wildman–Crippen MR) is 106 cm³/mol. The van der Waals surface area contributed by atoms with Gasteiger partial charge in [0.25, 0.3) is 0 Å². The highest BCUT2D eigenvalue weighted by molar-refractivity contribution is 7.11. The van der Waals surface area contributed by atoms with E-state index in [-0.39, 0.29) is 12.3 Å². The molecule has 148 valence electrons. The zero-order valence-electron chi connectivity index (χ0n) is 15.9. The number of nitrogens with zero attached hydrogens (tertiary/aromatic N) is 2. The Morgan fingerprint density at radius 2 is 2.11 bits per heavy atom. The molecule has 8 heteroatoms. The van der Waals surface area contributed by atoms with Crippen LogP contribution < -0.4 is 15.4 Å². The van der Waals surface area contributed by atoms with Crippen molar-refractivity contribution in [1.82, 2.24) is 15.6 Å². The molecule has 2 aromatic rings. The number of hydrogen-bond donors (Lipinski definition) is 2. The van der Waals surface area contributed by atoms with Crippen molar-refractivity contribution in [3.8, 4) is 5.75 Å². The van der Waals surface area contributed by atoms with E-state index in [1.165, 1.54) is 4.88 Å². The van der Waals surface area contributed by atoms with Crippen molar-refractivity contribution in [2.75, 3.05) is 13.1 Å². The molecule has 1 aromatic heterocycles. The molecule has 0 aliphatic carbocycles. The van der Waals surface area contributed by atoms with Crippen molar-refractivity contribution in [1.29, 1.82) is 0 Å². The number of aryl methyl sites for hydroxylation is 2. The molecule has 1 aromatic carbocycles. The quantitative estimate of drug-likeness (QED) is 0.498. The summed E-state index contributed by atoms with van der Waals surface area (Å²) < 4.78 is 29.8. The summed E-state index contributed by atoms with van der Waals surface area (Å²) in [5.41, 5.74) is 1.59. The van der Waals surface area contributed by atoms with Gasteiger partial charge < -0.3 is 15.4 Å². The number of nitrogens with one attached hydrogen (secondary N) is 2. The van der Waals surface area contributed by atoms with E-state index in [4.69, 9.17) is 0 Å². The SMILES string of the molecule is CCNC(=NCc1cc(C)ccc1OC(F)F)NCCc1ncc(CC)s1. The number of hydrogen-bond acceptors (Lipinski definition) is 4. The zero-order chi connectivity index (χ0) is 19.6. The van der Waals surface area contributed by atoms with Gasteiger partial charge in [0.05, 0.1) is 11.6 Å². The Morgan fingerprint density at radius 3 is 2.78 bits per heavy atom. The van der Waals surface area contributed by atoms with E-state index in [1.807, 2.05) is 26.1 Å². The summed E-state index contributed by atoms with van der Waals surface area (Å²) in [7, 11) is 0. The molecule has 0 unspecified atom stereocenters. The van der Waals surface area contributed by atoms with E-state index in [0.717, 1.165) is 23.4 Å². The Balaban J connectivity index is 1.99. The second-order valence-electron chi connectivity index (χ2n) is 5.94. The smallest absolute Gasteiger partial charge is 0.387 e. The van der Waals surface area contributed by atoms with Crippen LogP contribution in [0, 0.1) is 6.92 Å². The Morgan fingerprint density at radius 1 is 1.30 bits per heavy atom. The molecule has 0 atom stereocenters. The highest BCUT2D eigenvalue weighted by Gasteiger charge is 2.10. The number of benzene rings is 1. The Bertz CT molecular complexity index is 749. The first kappa shape index (κ1) is 21.1. The van der Waals surface area contributed by atoms with Crippen LogP contribution in [0.2, 0.25) is 0 Å². The van der Waals surface area contributed by atoms with E-state index in [0.29, 0.717) is 24.6 Å². The van der Waals surface area contributed by atoms with Crippen LogP contribution in [0.25, 0.3) is 0 Å². The lowest BCUT2D eigenvalue weighted by molar-refractivity contribution is -0.0504. The van der Waals surface area contributed by atoms with E-state index in [2.05, 4.69) is 32.3 Å². The second-order valence-corrected chi connectivity index (χ2v) is 7.14. The summed E-state index contributed by atoms with van der Waals surface area (Å²) in [5, 5.41) is 7.51. The van der Waals surface area contributed by atoms with Gasteiger partial charge in [-0.1, -0.05) is 24.6 Å². The van der Waals surface area contributed by atoms with Gasteiger partial charge in [-0.3, -0.25) is 0 Å². The summed E-state index contributed by atoms with van der Waals surface area (Å²) in [6.07, 6.45) is 3.72. The molecule has 0 saturated heterocycles. The van der Waals surface area contributed by atoms with Crippen LogP contribution in [0.15, 0.2) is 29.4 Å². The van der Waals surface area contributed by atoms with E-state index >= 15 is 0 Å². The van der Waals surface area contributed by atoms with Crippen molar-refractivity contribution < 1.29 is 13.5 Å². The largest absolute Gasteiger partial charge is 0.434 e. The predicted octanol–water partition coefficient (Wildman–Crippen LogP) is 3.91. The first-order chi connectivity index (χ1) is 13.0. The lowest BCUT2D eigenvalue weighted by Gasteiger charge is -2.13.